The van der Waals surface area contributed by atoms with Crippen LogP contribution in [0.15, 0.2) is 72.8 Å². The van der Waals surface area contributed by atoms with E-state index in [0.29, 0.717) is 36.7 Å². The minimum Gasteiger partial charge on any atom is -0.465 e. The number of amides is 2. The third-order valence-corrected chi connectivity index (χ3v) is 8.46. The molecular formula is C32H33N5O3. The maximum atomic E-state index is 11.4. The van der Waals surface area contributed by atoms with Crippen molar-refractivity contribution in [2.75, 3.05) is 13.1 Å². The van der Waals surface area contributed by atoms with Crippen molar-refractivity contribution < 1.29 is 14.7 Å². The minimum absolute atomic E-state index is 0.0166. The van der Waals surface area contributed by atoms with Crippen molar-refractivity contribution in [1.82, 2.24) is 19.7 Å². The molecule has 3 aromatic carbocycles. The van der Waals surface area contributed by atoms with E-state index in [4.69, 9.17) is 5.73 Å². The number of carbonyl (C=O) groups excluding carboxylic acids is 1. The Morgan fingerprint density at radius 3 is 1.88 bits per heavy atom. The molecule has 3 N–H and O–H groups in total. The molecule has 1 aliphatic carbocycles. The van der Waals surface area contributed by atoms with Crippen LogP contribution in [0.3, 0.4) is 0 Å². The first-order valence-corrected chi connectivity index (χ1v) is 13.8. The monoisotopic (exact) mass is 535 g/mol. The number of fused-ring (bicyclic) bond motifs is 1. The molecule has 1 aliphatic heterocycles. The molecule has 1 unspecified atom stereocenters. The van der Waals surface area contributed by atoms with E-state index in [1.807, 2.05) is 12.1 Å². The number of benzene rings is 3. The molecule has 8 heteroatoms. The molecule has 204 valence electrons. The van der Waals surface area contributed by atoms with Gasteiger partial charge in [0.15, 0.2) is 0 Å². The number of rotatable bonds is 7. The minimum atomic E-state index is -0.773. The molecule has 4 aromatic rings. The van der Waals surface area contributed by atoms with Gasteiger partial charge in [-0.05, 0) is 90.3 Å². The number of aryl methyl sites for hydroxylation is 1. The highest BCUT2D eigenvalue weighted by molar-refractivity contribution is 5.88. The zero-order valence-electron chi connectivity index (χ0n) is 22.5. The second-order valence-corrected chi connectivity index (χ2v) is 11.2. The van der Waals surface area contributed by atoms with Gasteiger partial charge in [0, 0.05) is 13.1 Å². The summed E-state index contributed by atoms with van der Waals surface area (Å²) in [4.78, 5) is 28.3. The van der Waals surface area contributed by atoms with Crippen LogP contribution in [0.25, 0.3) is 16.8 Å². The fourth-order valence-corrected chi connectivity index (χ4v) is 6.46. The third-order valence-electron chi connectivity index (χ3n) is 8.46. The Bertz CT molecular complexity index is 1510. The third kappa shape index (κ3) is 5.34. The van der Waals surface area contributed by atoms with E-state index in [1.165, 1.54) is 27.8 Å². The molecule has 8 nitrogen and oxygen atoms in total. The Balaban J connectivity index is 1.04. The highest BCUT2D eigenvalue weighted by Gasteiger charge is 2.42. The van der Waals surface area contributed by atoms with E-state index in [1.54, 1.807) is 16.5 Å². The van der Waals surface area contributed by atoms with Crippen LogP contribution >= 0.6 is 0 Å². The summed E-state index contributed by atoms with van der Waals surface area (Å²) in [7, 11) is 0. The van der Waals surface area contributed by atoms with Crippen molar-refractivity contribution in [1.29, 1.82) is 0 Å². The summed E-state index contributed by atoms with van der Waals surface area (Å²) in [6.45, 7) is 3.21. The normalized spacial score (nSPS) is 20.0. The lowest BCUT2D eigenvalue weighted by Crippen LogP contribution is -2.28. The lowest BCUT2D eigenvalue weighted by Gasteiger charge is -2.16. The summed E-state index contributed by atoms with van der Waals surface area (Å²) in [6, 6.07) is 25.7. The summed E-state index contributed by atoms with van der Waals surface area (Å²) in [5, 5.41) is 13.4. The van der Waals surface area contributed by atoms with E-state index < -0.39 is 12.0 Å². The van der Waals surface area contributed by atoms with Crippen molar-refractivity contribution >= 4 is 12.0 Å². The number of nitrogens with two attached hydrogens (primary N) is 1. The van der Waals surface area contributed by atoms with Gasteiger partial charge in [-0.2, -0.15) is 0 Å². The van der Waals surface area contributed by atoms with Gasteiger partial charge in [-0.15, -0.1) is 5.10 Å². The number of aromatic nitrogens is 3. The second-order valence-electron chi connectivity index (χ2n) is 11.2. The van der Waals surface area contributed by atoms with Crippen molar-refractivity contribution in [3.8, 4) is 16.8 Å². The van der Waals surface area contributed by atoms with Crippen LogP contribution in [0.2, 0.25) is 0 Å². The van der Waals surface area contributed by atoms with E-state index >= 15 is 0 Å². The molecule has 0 bridgehead atoms. The lowest BCUT2D eigenvalue weighted by atomic mass is 9.94. The fraction of sp³-hybridized carbons (Fsp3) is 0.312. The summed E-state index contributed by atoms with van der Waals surface area (Å²) >= 11 is 0. The quantitative estimate of drug-likeness (QED) is 0.341. The number of nitrogens with zero attached hydrogens (tertiary/aromatic N) is 4. The van der Waals surface area contributed by atoms with Crippen LogP contribution in [0, 0.1) is 24.7 Å². The summed E-state index contributed by atoms with van der Waals surface area (Å²) in [5.74, 6) is 1.71. The van der Waals surface area contributed by atoms with Crippen LogP contribution in [-0.2, 0) is 12.8 Å². The maximum Gasteiger partial charge on any atom is 0.407 e. The average Bonchev–Trinajstić information content (AvgIpc) is 3.63. The zero-order valence-corrected chi connectivity index (χ0v) is 22.5. The van der Waals surface area contributed by atoms with Gasteiger partial charge in [-0.3, -0.25) is 4.79 Å². The SMILES string of the molecule is Cc1nc(C(N)=O)nn1-c1ccc(Cc2ccc(-c3ccc(CC4C[C@@H]5CN(C(=O)O)C[C@@H]5C4)cc3)cc2)cc1. The van der Waals surface area contributed by atoms with Crippen molar-refractivity contribution in [3.63, 3.8) is 0 Å². The van der Waals surface area contributed by atoms with Gasteiger partial charge in [-0.25, -0.2) is 14.5 Å². The van der Waals surface area contributed by atoms with Crippen LogP contribution in [0.4, 0.5) is 4.79 Å². The van der Waals surface area contributed by atoms with E-state index in [-0.39, 0.29) is 5.82 Å². The molecule has 40 heavy (non-hydrogen) atoms. The van der Waals surface area contributed by atoms with Crippen LogP contribution in [-0.4, -0.2) is 49.9 Å². The number of hydrogen-bond donors (Lipinski definition) is 2. The Morgan fingerprint density at radius 2 is 1.38 bits per heavy atom. The summed E-state index contributed by atoms with van der Waals surface area (Å²) in [6.07, 6.45) is 3.38. The number of carboxylic acid groups (broad SMARTS) is 1. The first-order chi connectivity index (χ1) is 19.3. The molecule has 1 saturated heterocycles. The van der Waals surface area contributed by atoms with Gasteiger partial charge in [-0.1, -0.05) is 60.7 Å². The lowest BCUT2D eigenvalue weighted by molar-refractivity contribution is 0.0990. The molecule has 2 heterocycles. The molecule has 0 spiro atoms. The zero-order chi connectivity index (χ0) is 27.8. The number of carbonyl (C=O) groups is 2. The number of likely N-dealkylation sites (tertiary alicyclic amines) is 1. The summed E-state index contributed by atoms with van der Waals surface area (Å²) in [5.41, 5.74) is 12.3. The smallest absolute Gasteiger partial charge is 0.407 e. The van der Waals surface area contributed by atoms with Gasteiger partial charge in [0.2, 0.25) is 5.82 Å². The predicted octanol–water partition coefficient (Wildman–Crippen LogP) is 5.11. The van der Waals surface area contributed by atoms with E-state index in [0.717, 1.165) is 31.4 Å². The predicted molar refractivity (Wildman–Crippen MR) is 152 cm³/mol. The Labute approximate surface area is 233 Å². The highest BCUT2D eigenvalue weighted by Crippen LogP contribution is 2.42. The van der Waals surface area contributed by atoms with Gasteiger partial charge < -0.3 is 15.7 Å². The molecule has 3 atom stereocenters. The van der Waals surface area contributed by atoms with Crippen LogP contribution in [0.1, 0.15) is 46.0 Å². The van der Waals surface area contributed by atoms with Gasteiger partial charge in [0.05, 0.1) is 5.69 Å². The molecule has 2 aliphatic rings. The molecule has 1 saturated carbocycles. The Hall–Kier alpha value is -4.46. The van der Waals surface area contributed by atoms with Gasteiger partial charge in [0.25, 0.3) is 5.91 Å². The first-order valence-electron chi connectivity index (χ1n) is 13.8. The van der Waals surface area contributed by atoms with Gasteiger partial charge >= 0.3 is 6.09 Å². The van der Waals surface area contributed by atoms with Crippen molar-refractivity contribution in [2.45, 2.75) is 32.6 Å². The highest BCUT2D eigenvalue weighted by atomic mass is 16.4. The number of hydrogen-bond acceptors (Lipinski definition) is 4. The topological polar surface area (TPSA) is 114 Å². The molecule has 2 fully saturated rings. The second kappa shape index (κ2) is 10.6. The maximum absolute atomic E-state index is 11.4. The molecule has 6 rings (SSSR count). The molecule has 0 radical (unpaired) electrons. The van der Waals surface area contributed by atoms with Crippen molar-refractivity contribution in [2.24, 2.45) is 23.5 Å². The fourth-order valence-electron chi connectivity index (χ4n) is 6.46. The average molecular weight is 536 g/mol. The molecule has 1 aromatic heterocycles. The first kappa shape index (κ1) is 25.8. The van der Waals surface area contributed by atoms with Crippen LogP contribution < -0.4 is 5.73 Å². The Morgan fingerprint density at radius 1 is 0.850 bits per heavy atom. The number of primary amides is 1. The van der Waals surface area contributed by atoms with Gasteiger partial charge in [0.1, 0.15) is 5.82 Å². The Kier molecular flexibility index (Phi) is 6.84. The van der Waals surface area contributed by atoms with Crippen LogP contribution in [0.5, 0.6) is 0 Å². The standard InChI is InChI=1S/C32H33N5O3/c1-20-34-31(30(33)38)35-37(20)29-12-6-23(7-13-29)14-21-2-8-25(9-3-21)26-10-4-22(5-11-26)15-24-16-27-18-36(32(39)40)19-28(27)17-24/h2-13,24,27-28H,14-19H2,1H3,(H2,33,38)(H,39,40)/t24?,27-,28+. The largest absolute Gasteiger partial charge is 0.465 e. The molecule has 2 amide bonds. The summed E-state index contributed by atoms with van der Waals surface area (Å²) < 4.78 is 1.62. The molecular weight excluding hydrogens is 502 g/mol. The van der Waals surface area contributed by atoms with E-state index in [9.17, 15) is 14.7 Å². The van der Waals surface area contributed by atoms with Crippen molar-refractivity contribution in [3.05, 3.63) is 101 Å². The van der Waals surface area contributed by atoms with E-state index in [2.05, 4.69) is 70.7 Å².